The van der Waals surface area contributed by atoms with Crippen LogP contribution in [0.25, 0.3) is 0 Å². The minimum Gasteiger partial charge on any atom is -0.272 e. The number of rotatable bonds is 5. The highest BCUT2D eigenvalue weighted by Gasteiger charge is 2.42. The maximum absolute atomic E-state index is 13.8. The standard InChI is InChI=1S/C25H21N3O6S/c1-16-10-11-18(14-22(16)28(31)32)35(33,34)27-13-12-17-6-2-3-7-19(17)23(27)15-26-24(29)20-8-4-5-9-21(20)25(26)30/h2-11,14,23H,12-13,15H2,1H3/t23-/m0/s1. The van der Waals surface area contributed by atoms with E-state index < -0.39 is 32.8 Å². The summed E-state index contributed by atoms with van der Waals surface area (Å²) < 4.78 is 28.8. The first-order valence-corrected chi connectivity index (χ1v) is 12.4. The molecule has 0 aromatic heterocycles. The Bertz CT molecular complexity index is 1470. The van der Waals surface area contributed by atoms with Crippen LogP contribution in [-0.2, 0) is 16.4 Å². The molecule has 0 unspecified atom stereocenters. The van der Waals surface area contributed by atoms with Crippen molar-refractivity contribution < 1.29 is 22.9 Å². The summed E-state index contributed by atoms with van der Waals surface area (Å²) in [7, 11) is -4.19. The number of benzene rings is 3. The van der Waals surface area contributed by atoms with Crippen LogP contribution in [0.5, 0.6) is 0 Å². The number of nitro benzene ring substituents is 1. The first kappa shape index (κ1) is 22.9. The van der Waals surface area contributed by atoms with Crippen LogP contribution >= 0.6 is 0 Å². The van der Waals surface area contributed by atoms with Gasteiger partial charge in [0, 0.05) is 18.2 Å². The average molecular weight is 492 g/mol. The number of imide groups is 1. The van der Waals surface area contributed by atoms with Crippen LogP contribution in [0.3, 0.4) is 0 Å². The zero-order valence-corrected chi connectivity index (χ0v) is 19.6. The average Bonchev–Trinajstić information content (AvgIpc) is 3.09. The summed E-state index contributed by atoms with van der Waals surface area (Å²) in [4.78, 5) is 37.8. The molecule has 0 bridgehead atoms. The van der Waals surface area contributed by atoms with Gasteiger partial charge >= 0.3 is 0 Å². The van der Waals surface area contributed by atoms with Gasteiger partial charge in [-0.25, -0.2) is 8.42 Å². The molecule has 0 N–H and O–H groups in total. The molecule has 178 valence electrons. The summed E-state index contributed by atoms with van der Waals surface area (Å²) in [5.74, 6) is -0.950. The van der Waals surface area contributed by atoms with E-state index in [1.54, 1.807) is 36.4 Å². The van der Waals surface area contributed by atoms with Gasteiger partial charge in [-0.05, 0) is 42.7 Å². The van der Waals surface area contributed by atoms with Gasteiger partial charge in [0.15, 0.2) is 0 Å². The predicted octanol–water partition coefficient (Wildman–Crippen LogP) is 3.49. The Morgan fingerprint density at radius 1 is 0.971 bits per heavy atom. The van der Waals surface area contributed by atoms with Crippen LogP contribution < -0.4 is 0 Å². The second-order valence-corrected chi connectivity index (χ2v) is 10.4. The lowest BCUT2D eigenvalue weighted by atomic mass is 9.94. The van der Waals surface area contributed by atoms with Gasteiger partial charge in [0.25, 0.3) is 17.5 Å². The van der Waals surface area contributed by atoms with Gasteiger partial charge in [-0.3, -0.25) is 24.6 Å². The lowest BCUT2D eigenvalue weighted by molar-refractivity contribution is -0.385. The Morgan fingerprint density at radius 3 is 2.26 bits per heavy atom. The number of amides is 2. The molecule has 0 radical (unpaired) electrons. The zero-order chi connectivity index (χ0) is 24.9. The summed E-state index contributed by atoms with van der Waals surface area (Å²) >= 11 is 0. The molecular formula is C25H21N3O6S. The number of hydrogen-bond donors (Lipinski definition) is 0. The molecule has 0 spiro atoms. The normalized spacial score (nSPS) is 17.9. The van der Waals surface area contributed by atoms with Crippen molar-refractivity contribution in [2.45, 2.75) is 24.3 Å². The molecular weight excluding hydrogens is 470 g/mol. The van der Waals surface area contributed by atoms with Crippen LogP contribution in [0, 0.1) is 17.0 Å². The third-order valence-electron chi connectivity index (χ3n) is 6.58. The molecule has 10 heteroatoms. The molecule has 1 atom stereocenters. The fraction of sp³-hybridized carbons (Fsp3) is 0.200. The van der Waals surface area contributed by atoms with Crippen molar-refractivity contribution in [1.29, 1.82) is 0 Å². The Labute approximate surface area is 201 Å². The number of nitrogens with zero attached hydrogens (tertiary/aromatic N) is 3. The van der Waals surface area contributed by atoms with E-state index in [0.717, 1.165) is 16.5 Å². The van der Waals surface area contributed by atoms with Crippen LogP contribution in [0.1, 0.15) is 43.4 Å². The first-order valence-electron chi connectivity index (χ1n) is 11.0. The van der Waals surface area contributed by atoms with Crippen LogP contribution in [0.15, 0.2) is 71.6 Å². The fourth-order valence-electron chi connectivity index (χ4n) is 4.77. The molecule has 5 rings (SSSR count). The minimum absolute atomic E-state index is 0.106. The lowest BCUT2D eigenvalue weighted by Crippen LogP contribution is -2.46. The van der Waals surface area contributed by atoms with Crippen LogP contribution in [0.2, 0.25) is 0 Å². The summed E-state index contributed by atoms with van der Waals surface area (Å²) in [6.45, 7) is 1.47. The molecule has 3 aromatic carbocycles. The summed E-state index contributed by atoms with van der Waals surface area (Å²) in [6, 6.07) is 16.8. The Morgan fingerprint density at radius 2 is 1.60 bits per heavy atom. The Hall–Kier alpha value is -3.89. The fourth-order valence-corrected chi connectivity index (χ4v) is 6.38. The number of carbonyl (C=O) groups is 2. The van der Waals surface area contributed by atoms with Crippen LogP contribution in [0.4, 0.5) is 5.69 Å². The SMILES string of the molecule is Cc1ccc(S(=O)(=O)N2CCc3ccccc3[C@@H]2CN2C(=O)c3ccccc3C2=O)cc1[N+](=O)[O-]. The van der Waals surface area contributed by atoms with Gasteiger partial charge < -0.3 is 0 Å². The quantitative estimate of drug-likeness (QED) is 0.306. The number of sulfonamides is 1. The molecule has 2 heterocycles. The molecule has 0 saturated carbocycles. The van der Waals surface area contributed by atoms with E-state index in [4.69, 9.17) is 0 Å². The number of aryl methyl sites for hydroxylation is 1. The van der Waals surface area contributed by atoms with Crippen LogP contribution in [-0.4, -0.2) is 47.5 Å². The number of carbonyl (C=O) groups excluding carboxylic acids is 2. The molecule has 35 heavy (non-hydrogen) atoms. The van der Waals surface area contributed by atoms with Gasteiger partial charge in [0.05, 0.1) is 33.5 Å². The van der Waals surface area contributed by atoms with Crippen molar-refractivity contribution in [3.8, 4) is 0 Å². The highest BCUT2D eigenvalue weighted by atomic mass is 32.2. The van der Waals surface area contributed by atoms with Gasteiger partial charge in [0.1, 0.15) is 0 Å². The minimum atomic E-state index is -4.19. The van der Waals surface area contributed by atoms with E-state index in [1.165, 1.54) is 23.4 Å². The molecule has 2 aliphatic rings. The van der Waals surface area contributed by atoms with E-state index in [9.17, 15) is 28.1 Å². The van der Waals surface area contributed by atoms with Gasteiger partial charge in [-0.1, -0.05) is 42.5 Å². The molecule has 9 nitrogen and oxygen atoms in total. The third kappa shape index (κ3) is 3.71. The van der Waals surface area contributed by atoms with Gasteiger partial charge in [0.2, 0.25) is 10.0 Å². The molecule has 2 amide bonds. The summed E-state index contributed by atoms with van der Waals surface area (Å²) in [5.41, 5.74) is 2.24. The van der Waals surface area contributed by atoms with Crippen molar-refractivity contribution >= 4 is 27.5 Å². The number of fused-ring (bicyclic) bond motifs is 2. The van der Waals surface area contributed by atoms with Crippen molar-refractivity contribution in [2.75, 3.05) is 13.1 Å². The van der Waals surface area contributed by atoms with Crippen molar-refractivity contribution in [3.05, 3.63) is 105 Å². The number of nitro groups is 1. The molecule has 0 aliphatic carbocycles. The second kappa shape index (κ2) is 8.40. The predicted molar refractivity (Wildman–Crippen MR) is 126 cm³/mol. The van der Waals surface area contributed by atoms with Crippen molar-refractivity contribution in [2.24, 2.45) is 0 Å². The van der Waals surface area contributed by atoms with E-state index in [1.807, 2.05) is 12.1 Å². The first-order chi connectivity index (χ1) is 16.7. The summed E-state index contributed by atoms with van der Waals surface area (Å²) in [6.07, 6.45) is 0.433. The molecule has 0 fully saturated rings. The van der Waals surface area contributed by atoms with E-state index in [2.05, 4.69) is 0 Å². The monoisotopic (exact) mass is 491 g/mol. The second-order valence-electron chi connectivity index (χ2n) is 8.55. The van der Waals surface area contributed by atoms with E-state index in [0.29, 0.717) is 17.5 Å². The van der Waals surface area contributed by atoms with Gasteiger partial charge in [-0.15, -0.1) is 0 Å². The zero-order valence-electron chi connectivity index (χ0n) is 18.7. The highest BCUT2D eigenvalue weighted by molar-refractivity contribution is 7.89. The Balaban J connectivity index is 1.58. The van der Waals surface area contributed by atoms with Crippen molar-refractivity contribution in [1.82, 2.24) is 9.21 Å². The Kier molecular flexibility index (Phi) is 5.49. The van der Waals surface area contributed by atoms with Crippen molar-refractivity contribution in [3.63, 3.8) is 0 Å². The lowest BCUT2D eigenvalue weighted by Gasteiger charge is -2.37. The maximum atomic E-state index is 13.8. The number of hydrogen-bond acceptors (Lipinski definition) is 6. The smallest absolute Gasteiger partial charge is 0.272 e. The van der Waals surface area contributed by atoms with Gasteiger partial charge in [-0.2, -0.15) is 4.31 Å². The highest BCUT2D eigenvalue weighted by Crippen LogP contribution is 2.37. The summed E-state index contributed by atoms with van der Waals surface area (Å²) in [5, 5.41) is 11.4. The van der Waals surface area contributed by atoms with E-state index in [-0.39, 0.29) is 34.8 Å². The third-order valence-corrected chi connectivity index (χ3v) is 8.48. The largest absolute Gasteiger partial charge is 0.273 e. The molecule has 3 aromatic rings. The molecule has 0 saturated heterocycles. The maximum Gasteiger partial charge on any atom is 0.273 e. The van der Waals surface area contributed by atoms with E-state index >= 15 is 0 Å². The topological polar surface area (TPSA) is 118 Å². The molecule has 2 aliphatic heterocycles.